The summed E-state index contributed by atoms with van der Waals surface area (Å²) < 4.78 is 4.00. The molecule has 7 nitrogen and oxygen atoms in total. The van der Waals surface area contributed by atoms with E-state index in [1.165, 1.54) is 7.11 Å². The number of methoxy groups -OCH3 is 1. The van der Waals surface area contributed by atoms with Crippen LogP contribution in [0.1, 0.15) is 27.2 Å². The number of carboxylic acids is 1. The Bertz CT molecular complexity index is 350. The zero-order valence-electron chi connectivity index (χ0n) is 11.0. The maximum atomic E-state index is 11.4. The summed E-state index contributed by atoms with van der Waals surface area (Å²) in [5.41, 5.74) is -0.809. The van der Waals surface area contributed by atoms with Crippen molar-refractivity contribution in [1.82, 2.24) is 0 Å². The van der Waals surface area contributed by atoms with E-state index in [9.17, 15) is 14.7 Å². The van der Waals surface area contributed by atoms with E-state index in [2.05, 4.69) is 0 Å². The zero-order valence-corrected chi connectivity index (χ0v) is 11.0. The van der Waals surface area contributed by atoms with E-state index in [1.807, 2.05) is 0 Å². The number of hydrogen-bond donors (Lipinski definition) is 1. The molecule has 7 heteroatoms. The van der Waals surface area contributed by atoms with Crippen LogP contribution in [0.5, 0.6) is 0 Å². The number of amides is 1. The van der Waals surface area contributed by atoms with Crippen LogP contribution < -0.4 is 5.11 Å². The Morgan fingerprint density at radius 2 is 1.94 bits per heavy atom. The minimum absolute atomic E-state index is 0.0763. The van der Waals surface area contributed by atoms with Gasteiger partial charge in [-0.05, 0) is 20.8 Å². The molecule has 18 heavy (non-hydrogen) atoms. The molecule has 0 radical (unpaired) electrons. The van der Waals surface area contributed by atoms with E-state index < -0.39 is 34.5 Å². The summed E-state index contributed by atoms with van der Waals surface area (Å²) in [6, 6.07) is -1.22. The van der Waals surface area contributed by atoms with E-state index in [0.29, 0.717) is 0 Å². The van der Waals surface area contributed by atoms with E-state index in [1.54, 1.807) is 20.8 Å². The number of likely N-dealkylation sites (tertiary alicyclic amines) is 1. The molecule has 1 fully saturated rings. The average molecular weight is 261 g/mol. The van der Waals surface area contributed by atoms with Crippen molar-refractivity contribution in [2.24, 2.45) is 0 Å². The third-order valence-electron chi connectivity index (χ3n) is 2.83. The first-order chi connectivity index (χ1) is 8.12. The highest BCUT2D eigenvalue weighted by Gasteiger charge is 2.57. The van der Waals surface area contributed by atoms with Gasteiger partial charge in [0, 0.05) is 13.5 Å². The van der Waals surface area contributed by atoms with Gasteiger partial charge in [0.2, 0.25) is 6.04 Å². The number of carbonyl (C=O) groups excluding carboxylic acids is 1. The van der Waals surface area contributed by atoms with Gasteiger partial charge in [-0.2, -0.15) is 4.84 Å². The van der Waals surface area contributed by atoms with Gasteiger partial charge in [0.25, 0.3) is 6.09 Å². The third kappa shape index (κ3) is 2.80. The number of aliphatic carboxylic acids is 1. The number of carbonyl (C=O) groups is 2. The normalized spacial score (nSPS) is 32.4. The summed E-state index contributed by atoms with van der Waals surface area (Å²) in [5, 5.41) is 20.6. The first kappa shape index (κ1) is 14.9. The lowest BCUT2D eigenvalue weighted by Gasteiger charge is -2.38. The van der Waals surface area contributed by atoms with Crippen molar-refractivity contribution in [2.45, 2.75) is 44.9 Å². The molecule has 0 saturated carbocycles. The first-order valence-corrected chi connectivity index (χ1v) is 5.68. The molecular formula is C11H19NO6. The summed E-state index contributed by atoms with van der Waals surface area (Å²) in [7, 11) is 1.41. The van der Waals surface area contributed by atoms with Gasteiger partial charge in [-0.15, -0.1) is 4.65 Å². The van der Waals surface area contributed by atoms with Gasteiger partial charge in [0.1, 0.15) is 18.2 Å². The largest absolute Gasteiger partial charge is 0.496 e. The van der Waals surface area contributed by atoms with Crippen molar-refractivity contribution < 1.29 is 34.0 Å². The molecule has 1 aliphatic heterocycles. The van der Waals surface area contributed by atoms with Crippen LogP contribution in [0.2, 0.25) is 0 Å². The SMILES string of the molecule is CO[C@@H]1C[C@H](C(=O)O)[N+](OC(C)(C)C)(C(=O)[O-])C1. The molecule has 0 aromatic heterocycles. The smallest absolute Gasteiger partial charge is 0.366 e. The lowest BCUT2D eigenvalue weighted by Crippen LogP contribution is -2.65. The molecule has 1 unspecified atom stereocenters. The van der Waals surface area contributed by atoms with Crippen molar-refractivity contribution in [3.63, 3.8) is 0 Å². The van der Waals surface area contributed by atoms with Crippen LogP contribution in [0.25, 0.3) is 0 Å². The van der Waals surface area contributed by atoms with Crippen LogP contribution >= 0.6 is 0 Å². The topological polar surface area (TPSA) is 95.9 Å². The lowest BCUT2D eigenvalue weighted by atomic mass is 10.2. The first-order valence-electron chi connectivity index (χ1n) is 5.68. The van der Waals surface area contributed by atoms with Crippen molar-refractivity contribution in [2.75, 3.05) is 13.7 Å². The molecule has 104 valence electrons. The second kappa shape index (κ2) is 4.83. The number of hydroxylamine groups is 3. The molecule has 0 bridgehead atoms. The Labute approximate surface area is 105 Å². The Hall–Kier alpha value is -1.18. The Balaban J connectivity index is 3.14. The zero-order chi connectivity index (χ0) is 14.1. The predicted octanol–water partition coefficient (Wildman–Crippen LogP) is -0.251. The number of rotatable bonds is 3. The van der Waals surface area contributed by atoms with Gasteiger partial charge >= 0.3 is 5.97 Å². The van der Waals surface area contributed by atoms with Crippen molar-refractivity contribution in [1.29, 1.82) is 0 Å². The van der Waals surface area contributed by atoms with Gasteiger partial charge in [-0.25, -0.2) is 4.79 Å². The second-order valence-electron chi connectivity index (χ2n) is 5.40. The Kier molecular flexibility index (Phi) is 3.99. The van der Waals surface area contributed by atoms with Gasteiger partial charge < -0.3 is 19.7 Å². The molecular weight excluding hydrogens is 242 g/mol. The molecule has 3 atom stereocenters. The van der Waals surface area contributed by atoms with Crippen LogP contribution in [0.3, 0.4) is 0 Å². The van der Waals surface area contributed by atoms with Crippen LogP contribution in [0.4, 0.5) is 4.79 Å². The summed E-state index contributed by atoms with van der Waals surface area (Å²) in [4.78, 5) is 28.1. The van der Waals surface area contributed by atoms with Crippen LogP contribution in [-0.4, -0.2) is 53.2 Å². The molecule has 1 amide bonds. The van der Waals surface area contributed by atoms with E-state index in [-0.39, 0.29) is 13.0 Å². The minimum atomic E-state index is -1.56. The Morgan fingerprint density at radius 3 is 2.28 bits per heavy atom. The molecule has 0 spiro atoms. The second-order valence-corrected chi connectivity index (χ2v) is 5.40. The highest BCUT2D eigenvalue weighted by Crippen LogP contribution is 2.33. The highest BCUT2D eigenvalue weighted by molar-refractivity contribution is 5.74. The van der Waals surface area contributed by atoms with Crippen molar-refractivity contribution in [3.05, 3.63) is 0 Å². The van der Waals surface area contributed by atoms with Crippen LogP contribution in [0.15, 0.2) is 0 Å². The van der Waals surface area contributed by atoms with Gasteiger partial charge in [0.05, 0.1) is 0 Å². The molecule has 1 heterocycles. The predicted molar refractivity (Wildman–Crippen MR) is 58.2 cm³/mol. The fraction of sp³-hybridized carbons (Fsp3) is 0.818. The van der Waals surface area contributed by atoms with Gasteiger partial charge in [0.15, 0.2) is 0 Å². The van der Waals surface area contributed by atoms with Crippen molar-refractivity contribution >= 4 is 12.1 Å². The van der Waals surface area contributed by atoms with Crippen molar-refractivity contribution in [3.8, 4) is 0 Å². The molecule has 0 aromatic carbocycles. The van der Waals surface area contributed by atoms with Crippen LogP contribution in [0, 0.1) is 0 Å². The lowest BCUT2D eigenvalue weighted by molar-refractivity contribution is -1.07. The number of quaternary nitrogens is 1. The molecule has 1 aliphatic rings. The fourth-order valence-corrected chi connectivity index (χ4v) is 2.20. The minimum Gasteiger partial charge on any atom is -0.496 e. The van der Waals surface area contributed by atoms with Gasteiger partial charge in [-0.3, -0.25) is 0 Å². The van der Waals surface area contributed by atoms with E-state index in [4.69, 9.17) is 14.7 Å². The number of ether oxygens (including phenoxy) is 1. The average Bonchev–Trinajstić information content (AvgIpc) is 2.55. The monoisotopic (exact) mass is 261 g/mol. The Morgan fingerprint density at radius 1 is 1.39 bits per heavy atom. The molecule has 1 saturated heterocycles. The van der Waals surface area contributed by atoms with Gasteiger partial charge in [-0.1, -0.05) is 0 Å². The molecule has 1 rings (SSSR count). The fourth-order valence-electron chi connectivity index (χ4n) is 2.20. The number of nitrogens with zero attached hydrogens (tertiary/aromatic N) is 1. The third-order valence-corrected chi connectivity index (χ3v) is 2.83. The molecule has 0 aliphatic carbocycles. The maximum Gasteiger partial charge on any atom is 0.366 e. The summed E-state index contributed by atoms with van der Waals surface area (Å²) in [5.74, 6) is -1.23. The summed E-state index contributed by atoms with van der Waals surface area (Å²) >= 11 is 0. The van der Waals surface area contributed by atoms with E-state index in [0.717, 1.165) is 0 Å². The van der Waals surface area contributed by atoms with E-state index >= 15 is 0 Å². The molecule has 1 N–H and O–H groups in total. The number of hydrogen-bond acceptors (Lipinski definition) is 5. The number of carboxylic acid groups (broad SMARTS) is 2. The standard InChI is InChI=1S/C11H19NO6/c1-11(2,3)18-12(10(15)16)6-7(17-4)5-8(12)9(13)14/h7-8H,5-6H2,1-4H3,(H-,13,14,15,16)/t7-,8-,12?/m1/s1. The highest BCUT2D eigenvalue weighted by atomic mass is 16.8. The maximum absolute atomic E-state index is 11.4. The summed E-state index contributed by atoms with van der Waals surface area (Å²) in [6.07, 6.45) is -1.96. The molecule has 0 aromatic rings. The quantitative estimate of drug-likeness (QED) is 0.704. The van der Waals surface area contributed by atoms with Crippen LogP contribution in [-0.2, 0) is 14.4 Å². The summed E-state index contributed by atoms with van der Waals surface area (Å²) in [6.45, 7) is 4.91.